The number of nitrogens with one attached hydrogen (secondary N) is 1. The first kappa shape index (κ1) is 17.9. The van der Waals surface area contributed by atoms with Gasteiger partial charge >= 0.3 is 0 Å². The maximum atomic E-state index is 12.4. The smallest absolute Gasteiger partial charge is 0.247 e. The van der Waals surface area contributed by atoms with Crippen LogP contribution in [0.1, 0.15) is 41.6 Å². The highest BCUT2D eigenvalue weighted by Crippen LogP contribution is 2.18. The molecule has 5 heteroatoms. The molecule has 3 rings (SSSR count). The molecule has 0 spiro atoms. The third-order valence-corrected chi connectivity index (χ3v) is 4.61. The van der Waals surface area contributed by atoms with Gasteiger partial charge < -0.3 is 5.32 Å². The Morgan fingerprint density at radius 1 is 1.08 bits per heavy atom. The first-order valence-corrected chi connectivity index (χ1v) is 8.84. The van der Waals surface area contributed by atoms with Crippen LogP contribution in [0.3, 0.4) is 0 Å². The van der Waals surface area contributed by atoms with Crippen molar-refractivity contribution in [3.8, 4) is 0 Å². The Labute approximate surface area is 153 Å². The lowest BCUT2D eigenvalue weighted by atomic mass is 10.0. The molecule has 0 bridgehead atoms. The van der Waals surface area contributed by atoms with Crippen molar-refractivity contribution < 1.29 is 9.59 Å². The van der Waals surface area contributed by atoms with Crippen LogP contribution >= 0.6 is 0 Å². The molecule has 2 aromatic carbocycles. The van der Waals surface area contributed by atoms with E-state index in [0.717, 1.165) is 16.5 Å². The third-order valence-electron chi connectivity index (χ3n) is 4.61. The molecule has 0 aliphatic heterocycles. The summed E-state index contributed by atoms with van der Waals surface area (Å²) in [5, 5.41) is 8.05. The molecule has 3 aromatic rings. The van der Waals surface area contributed by atoms with Crippen LogP contribution < -0.4 is 5.32 Å². The Morgan fingerprint density at radius 2 is 1.85 bits per heavy atom. The molecule has 1 heterocycles. The minimum atomic E-state index is -0.170. The van der Waals surface area contributed by atoms with E-state index in [1.54, 1.807) is 6.20 Å². The number of aromatic nitrogens is 2. The average Bonchev–Trinajstić information content (AvgIpc) is 3.10. The minimum absolute atomic E-state index is 0.117. The molecule has 1 aromatic heterocycles. The van der Waals surface area contributed by atoms with Gasteiger partial charge in [0.25, 0.3) is 0 Å². The van der Waals surface area contributed by atoms with Gasteiger partial charge in [-0.3, -0.25) is 9.59 Å². The van der Waals surface area contributed by atoms with Crippen molar-refractivity contribution in [2.24, 2.45) is 0 Å². The lowest BCUT2D eigenvalue weighted by Crippen LogP contribution is -2.28. The van der Waals surface area contributed by atoms with Crippen molar-refractivity contribution in [2.75, 3.05) is 6.54 Å². The fraction of sp³-hybridized carbons (Fsp3) is 0.286. The van der Waals surface area contributed by atoms with Gasteiger partial charge in [-0.05, 0) is 30.0 Å². The van der Waals surface area contributed by atoms with Gasteiger partial charge in [-0.1, -0.05) is 49.4 Å². The van der Waals surface area contributed by atoms with Crippen LogP contribution in [-0.2, 0) is 4.79 Å². The van der Waals surface area contributed by atoms with Gasteiger partial charge in [0.1, 0.15) is 0 Å². The Morgan fingerprint density at radius 3 is 2.62 bits per heavy atom. The van der Waals surface area contributed by atoms with Crippen LogP contribution in [0, 0.1) is 6.92 Å². The molecule has 0 aliphatic rings. The standard InChI is InChI=1S/C21H23N3O2/c1-15-7-6-10-19-18(15)14-23-24(19)21(26)12-11-20(25)22-13-16(2)17-8-4-3-5-9-17/h3-10,14,16H,11-13H2,1-2H3,(H,22,25). The van der Waals surface area contributed by atoms with Crippen molar-refractivity contribution in [1.82, 2.24) is 15.1 Å². The maximum Gasteiger partial charge on any atom is 0.247 e. The van der Waals surface area contributed by atoms with E-state index >= 15 is 0 Å². The number of amides is 1. The largest absolute Gasteiger partial charge is 0.355 e. The van der Waals surface area contributed by atoms with Gasteiger partial charge in [0.15, 0.2) is 0 Å². The zero-order valence-corrected chi connectivity index (χ0v) is 15.1. The predicted molar refractivity (Wildman–Crippen MR) is 102 cm³/mol. The summed E-state index contributed by atoms with van der Waals surface area (Å²) in [4.78, 5) is 24.5. The van der Waals surface area contributed by atoms with Crippen molar-refractivity contribution in [1.29, 1.82) is 0 Å². The Hall–Kier alpha value is -2.95. The molecular formula is C21H23N3O2. The first-order chi connectivity index (χ1) is 12.6. The number of rotatable bonds is 6. The van der Waals surface area contributed by atoms with Gasteiger partial charge in [0, 0.05) is 24.8 Å². The molecule has 1 unspecified atom stereocenters. The number of fused-ring (bicyclic) bond motifs is 1. The molecule has 0 saturated heterocycles. The second-order valence-electron chi connectivity index (χ2n) is 6.57. The lowest BCUT2D eigenvalue weighted by Gasteiger charge is -2.13. The first-order valence-electron chi connectivity index (χ1n) is 8.84. The molecule has 0 fully saturated rings. The zero-order valence-electron chi connectivity index (χ0n) is 15.1. The number of hydrogen-bond donors (Lipinski definition) is 1. The van der Waals surface area contributed by atoms with Gasteiger partial charge in [-0.25, -0.2) is 4.68 Å². The number of aryl methyl sites for hydroxylation is 1. The summed E-state index contributed by atoms with van der Waals surface area (Å²) >= 11 is 0. The summed E-state index contributed by atoms with van der Waals surface area (Å²) < 4.78 is 1.39. The highest BCUT2D eigenvalue weighted by molar-refractivity contribution is 5.93. The molecule has 26 heavy (non-hydrogen) atoms. The number of carbonyl (C=O) groups excluding carboxylic acids is 2. The second-order valence-corrected chi connectivity index (χ2v) is 6.57. The summed E-state index contributed by atoms with van der Waals surface area (Å²) in [5.74, 6) is -0.0560. The van der Waals surface area contributed by atoms with E-state index in [1.807, 2.05) is 55.5 Å². The van der Waals surface area contributed by atoms with Crippen LogP contribution in [0.25, 0.3) is 10.9 Å². The lowest BCUT2D eigenvalue weighted by molar-refractivity contribution is -0.121. The molecule has 1 amide bonds. The Kier molecular flexibility index (Phi) is 5.46. The number of nitrogens with zero attached hydrogens (tertiary/aromatic N) is 2. The van der Waals surface area contributed by atoms with Gasteiger partial charge in [0.05, 0.1) is 11.7 Å². The monoisotopic (exact) mass is 349 g/mol. The van der Waals surface area contributed by atoms with Crippen LogP contribution in [0.15, 0.2) is 54.7 Å². The molecule has 0 aliphatic carbocycles. The molecule has 1 atom stereocenters. The Balaban J connectivity index is 1.52. The molecular weight excluding hydrogens is 326 g/mol. The summed E-state index contributed by atoms with van der Waals surface area (Å²) in [7, 11) is 0. The van der Waals surface area contributed by atoms with Crippen LogP contribution in [0.5, 0.6) is 0 Å². The number of hydrogen-bond acceptors (Lipinski definition) is 3. The van der Waals surface area contributed by atoms with E-state index < -0.39 is 0 Å². The second kappa shape index (κ2) is 7.95. The van der Waals surface area contributed by atoms with E-state index in [4.69, 9.17) is 0 Å². The number of carbonyl (C=O) groups is 2. The molecule has 5 nitrogen and oxygen atoms in total. The quantitative estimate of drug-likeness (QED) is 0.738. The molecule has 134 valence electrons. The summed E-state index contributed by atoms with van der Waals surface area (Å²) in [5.41, 5.74) is 3.05. The molecule has 0 saturated carbocycles. The van der Waals surface area contributed by atoms with Crippen LogP contribution in [0.2, 0.25) is 0 Å². The third kappa shape index (κ3) is 3.99. The topological polar surface area (TPSA) is 64.0 Å². The average molecular weight is 349 g/mol. The maximum absolute atomic E-state index is 12.4. The van der Waals surface area contributed by atoms with Crippen molar-refractivity contribution in [3.63, 3.8) is 0 Å². The van der Waals surface area contributed by atoms with Gasteiger partial charge in [0.2, 0.25) is 11.8 Å². The highest BCUT2D eigenvalue weighted by atomic mass is 16.2. The summed E-state index contributed by atoms with van der Waals surface area (Å²) in [6.07, 6.45) is 1.99. The molecule has 0 radical (unpaired) electrons. The number of benzene rings is 2. The summed E-state index contributed by atoms with van der Waals surface area (Å²) in [6.45, 7) is 4.61. The van der Waals surface area contributed by atoms with Crippen LogP contribution in [0.4, 0.5) is 0 Å². The SMILES string of the molecule is Cc1cccc2c1cnn2C(=O)CCC(=O)NCC(C)c1ccccc1. The van der Waals surface area contributed by atoms with E-state index in [2.05, 4.69) is 17.3 Å². The summed E-state index contributed by atoms with van der Waals surface area (Å²) in [6, 6.07) is 15.8. The van der Waals surface area contributed by atoms with Crippen molar-refractivity contribution in [2.45, 2.75) is 32.6 Å². The van der Waals surface area contributed by atoms with E-state index in [1.165, 1.54) is 10.2 Å². The van der Waals surface area contributed by atoms with E-state index in [9.17, 15) is 9.59 Å². The normalized spacial score (nSPS) is 12.1. The fourth-order valence-corrected chi connectivity index (χ4v) is 2.98. The highest BCUT2D eigenvalue weighted by Gasteiger charge is 2.14. The van der Waals surface area contributed by atoms with E-state index in [-0.39, 0.29) is 30.6 Å². The van der Waals surface area contributed by atoms with Crippen molar-refractivity contribution >= 4 is 22.7 Å². The molecule has 1 N–H and O–H groups in total. The van der Waals surface area contributed by atoms with Crippen LogP contribution in [-0.4, -0.2) is 28.1 Å². The fourth-order valence-electron chi connectivity index (χ4n) is 2.98. The van der Waals surface area contributed by atoms with Crippen molar-refractivity contribution in [3.05, 3.63) is 65.9 Å². The Bertz CT molecular complexity index is 915. The minimum Gasteiger partial charge on any atom is -0.355 e. The zero-order chi connectivity index (χ0) is 18.5. The van der Waals surface area contributed by atoms with Gasteiger partial charge in [-0.15, -0.1) is 0 Å². The van der Waals surface area contributed by atoms with E-state index in [0.29, 0.717) is 6.54 Å². The predicted octanol–water partition coefficient (Wildman–Crippen LogP) is 3.69. The van der Waals surface area contributed by atoms with Gasteiger partial charge in [-0.2, -0.15) is 5.10 Å².